The van der Waals surface area contributed by atoms with Gasteiger partial charge in [0.2, 0.25) is 5.95 Å². The third kappa shape index (κ3) is 2.05. The zero-order valence-electron chi connectivity index (χ0n) is 8.58. The van der Waals surface area contributed by atoms with E-state index in [2.05, 4.69) is 46.7 Å². The molecule has 0 N–H and O–H groups in total. The van der Waals surface area contributed by atoms with E-state index in [-0.39, 0.29) is 5.54 Å². The maximum absolute atomic E-state index is 4.30. The Kier molecular flexibility index (Phi) is 3.01. The minimum Gasteiger partial charge on any atom is -0.339 e. The molecule has 0 amide bonds. The van der Waals surface area contributed by atoms with Crippen LogP contribution in [0, 0.1) is 0 Å². The van der Waals surface area contributed by atoms with Gasteiger partial charge in [-0.05, 0) is 13.8 Å². The fraction of sp³-hybridized carbons (Fsp3) is 0.667. The second-order valence-electron chi connectivity index (χ2n) is 3.84. The number of halogens is 1. The molecule has 1 aromatic heterocycles. The number of nitrogens with zero attached hydrogens (tertiary/aromatic N) is 3. The summed E-state index contributed by atoms with van der Waals surface area (Å²) in [5.74, 6) is 0.990. The predicted octanol–water partition coefficient (Wildman–Crippen LogP) is 2.03. The third-order valence-electron chi connectivity index (χ3n) is 2.33. The molecular formula is C9H16BrN3. The maximum Gasteiger partial charge on any atom is 0.205 e. The Balaban J connectivity index is 2.91. The first-order valence-corrected chi connectivity index (χ1v) is 5.38. The molecule has 0 aromatic carbocycles. The molecule has 0 saturated heterocycles. The highest BCUT2D eigenvalue weighted by Gasteiger charge is 2.24. The van der Waals surface area contributed by atoms with E-state index in [1.54, 1.807) is 0 Å². The van der Waals surface area contributed by atoms with Crippen LogP contribution in [0.3, 0.4) is 0 Å². The summed E-state index contributed by atoms with van der Waals surface area (Å²) in [7, 11) is 4.06. The Bertz CT molecular complexity index is 280. The van der Waals surface area contributed by atoms with Crippen LogP contribution in [0.25, 0.3) is 0 Å². The molecule has 1 rings (SSSR count). The number of alkyl halides is 1. The molecule has 0 aliphatic heterocycles. The third-order valence-corrected chi connectivity index (χ3v) is 3.70. The first-order valence-electron chi connectivity index (χ1n) is 4.26. The summed E-state index contributed by atoms with van der Waals surface area (Å²) in [5.41, 5.74) is 0.0825. The number of aromatic nitrogens is 2. The SMILES string of the molecule is CN(c1nccn1C)C(C)(C)CBr. The van der Waals surface area contributed by atoms with Crippen molar-refractivity contribution < 1.29 is 0 Å². The molecule has 0 radical (unpaired) electrons. The van der Waals surface area contributed by atoms with Crippen molar-refractivity contribution in [2.75, 3.05) is 17.3 Å². The van der Waals surface area contributed by atoms with Crippen LogP contribution in [0.2, 0.25) is 0 Å². The van der Waals surface area contributed by atoms with Crippen LogP contribution < -0.4 is 4.90 Å². The Morgan fingerprint density at radius 2 is 2.23 bits per heavy atom. The van der Waals surface area contributed by atoms with Gasteiger partial charge in [-0.2, -0.15) is 0 Å². The van der Waals surface area contributed by atoms with Crippen LogP contribution in [0.15, 0.2) is 12.4 Å². The highest BCUT2D eigenvalue weighted by atomic mass is 79.9. The van der Waals surface area contributed by atoms with Gasteiger partial charge in [-0.25, -0.2) is 4.98 Å². The molecule has 4 heteroatoms. The number of aryl methyl sites for hydroxylation is 1. The number of hydrogen-bond donors (Lipinski definition) is 0. The quantitative estimate of drug-likeness (QED) is 0.761. The summed E-state index contributed by atoms with van der Waals surface area (Å²) in [6.45, 7) is 4.35. The Morgan fingerprint density at radius 3 is 2.62 bits per heavy atom. The van der Waals surface area contributed by atoms with Crippen molar-refractivity contribution in [2.24, 2.45) is 7.05 Å². The molecule has 1 aromatic rings. The molecule has 0 bridgehead atoms. The van der Waals surface area contributed by atoms with Gasteiger partial charge in [0.15, 0.2) is 0 Å². The van der Waals surface area contributed by atoms with Crippen LogP contribution in [0.1, 0.15) is 13.8 Å². The molecule has 0 aliphatic carbocycles. The second kappa shape index (κ2) is 3.70. The highest BCUT2D eigenvalue weighted by molar-refractivity contribution is 9.09. The normalized spacial score (nSPS) is 11.8. The standard InChI is InChI=1S/C9H16BrN3/c1-9(2,7-10)13(4)8-11-5-6-12(8)3/h5-6H,7H2,1-4H3. The van der Waals surface area contributed by atoms with Crippen molar-refractivity contribution in [3.05, 3.63) is 12.4 Å². The minimum atomic E-state index is 0.0825. The first kappa shape index (κ1) is 10.6. The summed E-state index contributed by atoms with van der Waals surface area (Å²) < 4.78 is 2.02. The summed E-state index contributed by atoms with van der Waals surface area (Å²) in [5, 5.41) is 0.920. The molecule has 74 valence electrons. The molecule has 13 heavy (non-hydrogen) atoms. The topological polar surface area (TPSA) is 21.1 Å². The van der Waals surface area contributed by atoms with Crippen LogP contribution in [0.4, 0.5) is 5.95 Å². The largest absolute Gasteiger partial charge is 0.339 e. The Morgan fingerprint density at radius 1 is 1.62 bits per heavy atom. The number of imidazole rings is 1. The van der Waals surface area contributed by atoms with Gasteiger partial charge in [-0.1, -0.05) is 15.9 Å². The van der Waals surface area contributed by atoms with Gasteiger partial charge >= 0.3 is 0 Å². The lowest BCUT2D eigenvalue weighted by Crippen LogP contribution is -2.44. The lowest BCUT2D eigenvalue weighted by atomic mass is 10.1. The van der Waals surface area contributed by atoms with Crippen LogP contribution in [-0.2, 0) is 7.05 Å². The second-order valence-corrected chi connectivity index (χ2v) is 4.40. The molecule has 0 unspecified atom stereocenters. The van der Waals surface area contributed by atoms with Crippen molar-refractivity contribution in [1.82, 2.24) is 9.55 Å². The Labute approximate surface area is 87.9 Å². The molecule has 0 saturated carbocycles. The van der Waals surface area contributed by atoms with Crippen LogP contribution >= 0.6 is 15.9 Å². The van der Waals surface area contributed by atoms with E-state index in [0.29, 0.717) is 0 Å². The monoisotopic (exact) mass is 245 g/mol. The first-order chi connectivity index (χ1) is 5.99. The zero-order valence-corrected chi connectivity index (χ0v) is 10.2. The summed E-state index contributed by atoms with van der Waals surface area (Å²) in [6, 6.07) is 0. The average molecular weight is 246 g/mol. The smallest absolute Gasteiger partial charge is 0.205 e. The molecule has 0 atom stereocenters. The van der Waals surface area contributed by atoms with Gasteiger partial charge < -0.3 is 9.47 Å². The number of hydrogen-bond acceptors (Lipinski definition) is 2. The molecule has 0 spiro atoms. The van der Waals surface area contributed by atoms with Gasteiger partial charge in [-0.15, -0.1) is 0 Å². The summed E-state index contributed by atoms with van der Waals surface area (Å²) >= 11 is 3.50. The average Bonchev–Trinajstić information content (AvgIpc) is 2.50. The van der Waals surface area contributed by atoms with Crippen LogP contribution in [-0.4, -0.2) is 27.5 Å². The van der Waals surface area contributed by atoms with Crippen molar-refractivity contribution in [2.45, 2.75) is 19.4 Å². The predicted molar refractivity (Wildman–Crippen MR) is 59.5 cm³/mol. The molecule has 3 nitrogen and oxygen atoms in total. The lowest BCUT2D eigenvalue weighted by Gasteiger charge is -2.34. The van der Waals surface area contributed by atoms with E-state index in [1.165, 1.54) is 0 Å². The molecule has 0 fully saturated rings. The molecule has 0 aliphatic rings. The highest BCUT2D eigenvalue weighted by Crippen LogP contribution is 2.21. The zero-order chi connectivity index (χ0) is 10.1. The Hall–Kier alpha value is -0.510. The van der Waals surface area contributed by atoms with Crippen molar-refractivity contribution in [3.8, 4) is 0 Å². The van der Waals surface area contributed by atoms with Crippen LogP contribution in [0.5, 0.6) is 0 Å². The van der Waals surface area contributed by atoms with E-state index >= 15 is 0 Å². The van der Waals surface area contributed by atoms with E-state index in [4.69, 9.17) is 0 Å². The molecule has 1 heterocycles. The fourth-order valence-electron chi connectivity index (χ4n) is 1.04. The van der Waals surface area contributed by atoms with E-state index in [1.807, 2.05) is 24.0 Å². The summed E-state index contributed by atoms with van der Waals surface area (Å²) in [6.07, 6.45) is 3.77. The minimum absolute atomic E-state index is 0.0825. The summed E-state index contributed by atoms with van der Waals surface area (Å²) in [4.78, 5) is 6.47. The van der Waals surface area contributed by atoms with E-state index in [9.17, 15) is 0 Å². The number of rotatable bonds is 3. The van der Waals surface area contributed by atoms with Gasteiger partial charge in [-0.3, -0.25) is 0 Å². The van der Waals surface area contributed by atoms with Gasteiger partial charge in [0, 0.05) is 37.4 Å². The van der Waals surface area contributed by atoms with Crippen molar-refractivity contribution >= 4 is 21.9 Å². The van der Waals surface area contributed by atoms with E-state index < -0.39 is 0 Å². The maximum atomic E-state index is 4.30. The number of anilines is 1. The van der Waals surface area contributed by atoms with Crippen molar-refractivity contribution in [3.63, 3.8) is 0 Å². The van der Waals surface area contributed by atoms with Gasteiger partial charge in [0.05, 0.1) is 0 Å². The fourth-order valence-corrected chi connectivity index (χ4v) is 1.42. The van der Waals surface area contributed by atoms with Crippen molar-refractivity contribution in [1.29, 1.82) is 0 Å². The lowest BCUT2D eigenvalue weighted by molar-refractivity contribution is 0.534. The van der Waals surface area contributed by atoms with Gasteiger partial charge in [0.25, 0.3) is 0 Å². The van der Waals surface area contributed by atoms with Gasteiger partial charge in [0.1, 0.15) is 0 Å². The van der Waals surface area contributed by atoms with E-state index in [0.717, 1.165) is 11.3 Å². The molecular weight excluding hydrogens is 230 g/mol.